The fraction of sp³-hybridized carbons (Fsp3) is 1.00. The quantitative estimate of drug-likeness (QED) is 0.833. The van der Waals surface area contributed by atoms with E-state index in [9.17, 15) is 5.11 Å². The van der Waals surface area contributed by atoms with E-state index in [0.29, 0.717) is 11.3 Å². The molecule has 2 heteroatoms. The molecule has 1 aliphatic carbocycles. The zero-order valence-corrected chi connectivity index (χ0v) is 12.5. The Morgan fingerprint density at radius 2 is 2.00 bits per heavy atom. The van der Waals surface area contributed by atoms with Crippen molar-refractivity contribution < 1.29 is 5.11 Å². The van der Waals surface area contributed by atoms with Crippen LogP contribution in [0, 0.1) is 11.3 Å². The first-order valence-electron chi connectivity index (χ1n) is 7.94. The van der Waals surface area contributed by atoms with E-state index < -0.39 is 0 Å². The lowest BCUT2D eigenvalue weighted by Crippen LogP contribution is -2.46. The number of piperidine rings is 1. The second kappa shape index (κ2) is 5.92. The minimum Gasteiger partial charge on any atom is -0.393 e. The van der Waals surface area contributed by atoms with Crippen molar-refractivity contribution in [1.82, 2.24) is 4.90 Å². The van der Waals surface area contributed by atoms with Gasteiger partial charge in [0.15, 0.2) is 0 Å². The maximum Gasteiger partial charge on any atom is 0.0581 e. The van der Waals surface area contributed by atoms with Crippen LogP contribution in [0.1, 0.15) is 65.7 Å². The molecule has 1 N–H and O–H groups in total. The SMILES string of the molecule is CCC1CCCCN1CC1CC(C)(C)CCC1O. The van der Waals surface area contributed by atoms with Crippen molar-refractivity contribution in [2.24, 2.45) is 11.3 Å². The Labute approximate surface area is 113 Å². The Bertz CT molecular complexity index is 264. The zero-order chi connectivity index (χ0) is 13.2. The van der Waals surface area contributed by atoms with Gasteiger partial charge in [-0.15, -0.1) is 0 Å². The summed E-state index contributed by atoms with van der Waals surface area (Å²) in [6.45, 7) is 9.41. The van der Waals surface area contributed by atoms with Gasteiger partial charge in [0.25, 0.3) is 0 Å². The minimum absolute atomic E-state index is 0.0579. The van der Waals surface area contributed by atoms with Crippen LogP contribution in [0.3, 0.4) is 0 Å². The molecule has 2 rings (SSSR count). The predicted molar refractivity (Wildman–Crippen MR) is 76.6 cm³/mol. The Hall–Kier alpha value is -0.0800. The summed E-state index contributed by atoms with van der Waals surface area (Å²) in [6, 6.07) is 0.774. The standard InChI is InChI=1S/C16H31NO/c1-4-14-7-5-6-10-17(14)12-13-11-16(2,3)9-8-15(13)18/h13-15,18H,4-12H2,1-3H3. The molecule has 1 saturated carbocycles. The van der Waals surface area contributed by atoms with E-state index >= 15 is 0 Å². The summed E-state index contributed by atoms with van der Waals surface area (Å²) >= 11 is 0. The van der Waals surface area contributed by atoms with E-state index in [-0.39, 0.29) is 6.10 Å². The lowest BCUT2D eigenvalue weighted by atomic mass is 9.70. The molecule has 3 unspecified atom stereocenters. The third-order valence-corrected chi connectivity index (χ3v) is 5.17. The summed E-state index contributed by atoms with van der Waals surface area (Å²) in [6.07, 6.45) is 8.70. The molecule has 0 radical (unpaired) electrons. The topological polar surface area (TPSA) is 23.5 Å². The second-order valence-electron chi connectivity index (χ2n) is 7.29. The number of hydrogen-bond acceptors (Lipinski definition) is 2. The monoisotopic (exact) mass is 253 g/mol. The highest BCUT2D eigenvalue weighted by Gasteiger charge is 2.35. The molecular weight excluding hydrogens is 222 g/mol. The molecule has 2 fully saturated rings. The highest BCUT2D eigenvalue weighted by Crippen LogP contribution is 2.39. The lowest BCUT2D eigenvalue weighted by molar-refractivity contribution is -0.00824. The van der Waals surface area contributed by atoms with Crippen LogP contribution in [0.2, 0.25) is 0 Å². The maximum atomic E-state index is 10.3. The van der Waals surface area contributed by atoms with Gasteiger partial charge in [-0.3, -0.25) is 0 Å². The first-order valence-corrected chi connectivity index (χ1v) is 7.94. The highest BCUT2D eigenvalue weighted by atomic mass is 16.3. The van der Waals surface area contributed by atoms with Crippen molar-refractivity contribution in [3.05, 3.63) is 0 Å². The molecule has 0 spiro atoms. The van der Waals surface area contributed by atoms with Crippen molar-refractivity contribution >= 4 is 0 Å². The predicted octanol–water partition coefficient (Wildman–Crippen LogP) is 3.44. The molecule has 0 aromatic rings. The number of likely N-dealkylation sites (tertiary alicyclic amines) is 1. The van der Waals surface area contributed by atoms with Gasteiger partial charge in [0, 0.05) is 12.6 Å². The summed E-state index contributed by atoms with van der Waals surface area (Å²) < 4.78 is 0. The van der Waals surface area contributed by atoms with Crippen LogP contribution in [-0.4, -0.2) is 35.2 Å². The largest absolute Gasteiger partial charge is 0.393 e. The van der Waals surface area contributed by atoms with Gasteiger partial charge >= 0.3 is 0 Å². The molecule has 1 saturated heterocycles. The Balaban J connectivity index is 1.93. The van der Waals surface area contributed by atoms with Crippen LogP contribution in [0.4, 0.5) is 0 Å². The zero-order valence-electron chi connectivity index (χ0n) is 12.5. The fourth-order valence-electron chi connectivity index (χ4n) is 3.97. The van der Waals surface area contributed by atoms with Crippen LogP contribution in [0.5, 0.6) is 0 Å². The molecule has 3 atom stereocenters. The number of nitrogens with zero attached hydrogens (tertiary/aromatic N) is 1. The van der Waals surface area contributed by atoms with E-state index in [1.54, 1.807) is 0 Å². The number of aliphatic hydroxyl groups is 1. The van der Waals surface area contributed by atoms with Crippen molar-refractivity contribution in [1.29, 1.82) is 0 Å². The molecule has 2 aliphatic rings. The van der Waals surface area contributed by atoms with Gasteiger partial charge in [-0.05, 0) is 56.4 Å². The fourth-order valence-corrected chi connectivity index (χ4v) is 3.97. The van der Waals surface area contributed by atoms with Gasteiger partial charge in [0.05, 0.1) is 6.10 Å². The summed E-state index contributed by atoms with van der Waals surface area (Å²) in [5.41, 5.74) is 0.432. The molecule has 18 heavy (non-hydrogen) atoms. The van der Waals surface area contributed by atoms with Gasteiger partial charge in [-0.2, -0.15) is 0 Å². The van der Waals surface area contributed by atoms with Gasteiger partial charge < -0.3 is 10.0 Å². The summed E-state index contributed by atoms with van der Waals surface area (Å²) in [7, 11) is 0. The molecule has 0 bridgehead atoms. The van der Waals surface area contributed by atoms with Crippen molar-refractivity contribution in [3.63, 3.8) is 0 Å². The first kappa shape index (κ1) is 14.3. The summed E-state index contributed by atoms with van der Waals surface area (Å²) in [4.78, 5) is 2.67. The molecule has 106 valence electrons. The molecule has 0 aromatic heterocycles. The smallest absolute Gasteiger partial charge is 0.0581 e. The third-order valence-electron chi connectivity index (χ3n) is 5.17. The Kier molecular flexibility index (Phi) is 4.71. The Morgan fingerprint density at radius 1 is 1.22 bits per heavy atom. The average Bonchev–Trinajstić information content (AvgIpc) is 2.34. The van der Waals surface area contributed by atoms with E-state index in [4.69, 9.17) is 0 Å². The van der Waals surface area contributed by atoms with E-state index in [1.807, 2.05) is 0 Å². The molecule has 2 nitrogen and oxygen atoms in total. The van der Waals surface area contributed by atoms with E-state index in [0.717, 1.165) is 19.0 Å². The van der Waals surface area contributed by atoms with Crippen LogP contribution in [-0.2, 0) is 0 Å². The number of aliphatic hydroxyl groups excluding tert-OH is 1. The Morgan fingerprint density at radius 3 is 2.72 bits per heavy atom. The van der Waals surface area contributed by atoms with Crippen molar-refractivity contribution in [2.75, 3.05) is 13.1 Å². The van der Waals surface area contributed by atoms with Crippen LogP contribution >= 0.6 is 0 Å². The normalized spacial score (nSPS) is 37.7. The van der Waals surface area contributed by atoms with E-state index in [1.165, 1.54) is 45.1 Å². The van der Waals surface area contributed by atoms with Crippen molar-refractivity contribution in [3.8, 4) is 0 Å². The lowest BCUT2D eigenvalue weighted by Gasteiger charge is -2.43. The minimum atomic E-state index is -0.0579. The second-order valence-corrected chi connectivity index (χ2v) is 7.29. The molecule has 1 heterocycles. The van der Waals surface area contributed by atoms with Crippen LogP contribution < -0.4 is 0 Å². The molecule has 1 aliphatic heterocycles. The van der Waals surface area contributed by atoms with E-state index in [2.05, 4.69) is 25.7 Å². The van der Waals surface area contributed by atoms with Gasteiger partial charge in [0.2, 0.25) is 0 Å². The van der Waals surface area contributed by atoms with Gasteiger partial charge in [0.1, 0.15) is 0 Å². The molecule has 0 amide bonds. The third kappa shape index (κ3) is 3.48. The summed E-state index contributed by atoms with van der Waals surface area (Å²) in [5, 5.41) is 10.3. The highest BCUT2D eigenvalue weighted by molar-refractivity contribution is 4.88. The summed E-state index contributed by atoms with van der Waals surface area (Å²) in [5.74, 6) is 0.501. The van der Waals surface area contributed by atoms with Crippen molar-refractivity contribution in [2.45, 2.75) is 77.9 Å². The number of rotatable bonds is 3. The average molecular weight is 253 g/mol. The maximum absolute atomic E-state index is 10.3. The van der Waals surface area contributed by atoms with Crippen LogP contribution in [0.15, 0.2) is 0 Å². The van der Waals surface area contributed by atoms with Crippen LogP contribution in [0.25, 0.3) is 0 Å². The molecule has 0 aromatic carbocycles. The number of hydrogen-bond donors (Lipinski definition) is 1. The van der Waals surface area contributed by atoms with Gasteiger partial charge in [-0.25, -0.2) is 0 Å². The molecular formula is C16H31NO. The first-order chi connectivity index (χ1) is 8.52. The van der Waals surface area contributed by atoms with Gasteiger partial charge in [-0.1, -0.05) is 27.2 Å².